The number of phenolic OH excluding ortho intramolecular Hbond substituents is 1. The molecule has 1 aromatic carbocycles. The van der Waals surface area contributed by atoms with Crippen LogP contribution in [0.5, 0.6) is 11.5 Å². The topological polar surface area (TPSA) is 56.5 Å². The quantitative estimate of drug-likeness (QED) is 0.925. The van der Waals surface area contributed by atoms with Crippen LogP contribution in [0, 0.1) is 11.3 Å². The van der Waals surface area contributed by atoms with E-state index in [2.05, 4.69) is 11.0 Å². The highest BCUT2D eigenvalue weighted by Crippen LogP contribution is 2.30. The summed E-state index contributed by atoms with van der Waals surface area (Å²) >= 11 is 0. The number of methoxy groups -OCH3 is 1. The minimum Gasteiger partial charge on any atom is -0.504 e. The Labute approximate surface area is 127 Å². The van der Waals surface area contributed by atoms with Gasteiger partial charge in [-0.05, 0) is 50.6 Å². The number of hydrogen-bond acceptors (Lipinski definition) is 4. The maximum atomic E-state index is 9.70. The van der Waals surface area contributed by atoms with Crippen molar-refractivity contribution in [2.75, 3.05) is 20.2 Å². The SMILES string of the molecule is COc1cc(CC(C)(C#N)N2CCCCCC2)ccc1O. The molecule has 0 aliphatic carbocycles. The molecule has 0 aromatic heterocycles. The van der Waals surface area contributed by atoms with E-state index in [1.54, 1.807) is 6.07 Å². The van der Waals surface area contributed by atoms with Crippen LogP contribution >= 0.6 is 0 Å². The Hall–Kier alpha value is -1.73. The summed E-state index contributed by atoms with van der Waals surface area (Å²) in [5.41, 5.74) is 0.504. The molecule has 2 rings (SSSR count). The third kappa shape index (κ3) is 3.68. The van der Waals surface area contributed by atoms with E-state index in [1.165, 1.54) is 20.0 Å². The Morgan fingerprint density at radius 3 is 2.52 bits per heavy atom. The molecule has 4 nitrogen and oxygen atoms in total. The number of likely N-dealkylation sites (tertiary alicyclic amines) is 1. The molecule has 0 radical (unpaired) electrons. The van der Waals surface area contributed by atoms with Crippen molar-refractivity contribution in [3.05, 3.63) is 23.8 Å². The number of hydrogen-bond donors (Lipinski definition) is 1. The standard InChI is InChI=1S/C17H24N2O2/c1-17(13-18,19-9-5-3-4-6-10-19)12-14-7-8-15(20)16(11-14)21-2/h7-8,11,20H,3-6,9-10,12H2,1-2H3. The second-order valence-electron chi connectivity index (χ2n) is 5.97. The first-order valence-corrected chi connectivity index (χ1v) is 7.61. The number of aromatic hydroxyl groups is 1. The monoisotopic (exact) mass is 288 g/mol. The molecule has 1 fully saturated rings. The van der Waals surface area contributed by atoms with Crippen LogP contribution in [0.4, 0.5) is 0 Å². The molecule has 21 heavy (non-hydrogen) atoms. The predicted octanol–water partition coefficient (Wildman–Crippen LogP) is 3.10. The van der Waals surface area contributed by atoms with Crippen LogP contribution in [0.1, 0.15) is 38.2 Å². The van der Waals surface area contributed by atoms with E-state index in [0.717, 1.165) is 31.5 Å². The van der Waals surface area contributed by atoms with E-state index in [9.17, 15) is 10.4 Å². The molecule has 114 valence electrons. The summed E-state index contributed by atoms with van der Waals surface area (Å²) in [6.07, 6.45) is 5.47. The molecule has 0 spiro atoms. The summed E-state index contributed by atoms with van der Waals surface area (Å²) < 4.78 is 5.15. The Morgan fingerprint density at radius 2 is 1.95 bits per heavy atom. The van der Waals surface area contributed by atoms with E-state index in [1.807, 2.05) is 19.1 Å². The smallest absolute Gasteiger partial charge is 0.160 e. The molecule has 4 heteroatoms. The van der Waals surface area contributed by atoms with Gasteiger partial charge in [0.25, 0.3) is 0 Å². The van der Waals surface area contributed by atoms with Crippen molar-refractivity contribution in [1.29, 1.82) is 5.26 Å². The lowest BCUT2D eigenvalue weighted by molar-refractivity contribution is 0.157. The largest absolute Gasteiger partial charge is 0.504 e. The molecule has 0 amide bonds. The molecule has 1 aliphatic rings. The van der Waals surface area contributed by atoms with Crippen LogP contribution in [0.25, 0.3) is 0 Å². The van der Waals surface area contributed by atoms with Crippen LogP contribution in [0.15, 0.2) is 18.2 Å². The molecule has 1 atom stereocenters. The normalized spacial score (nSPS) is 19.3. The van der Waals surface area contributed by atoms with Gasteiger partial charge in [-0.2, -0.15) is 5.26 Å². The summed E-state index contributed by atoms with van der Waals surface area (Å²) in [7, 11) is 1.54. The molecule has 1 N–H and O–H groups in total. The number of ether oxygens (including phenoxy) is 1. The van der Waals surface area contributed by atoms with Gasteiger partial charge in [0.2, 0.25) is 0 Å². The number of benzene rings is 1. The highest BCUT2D eigenvalue weighted by molar-refractivity contribution is 5.42. The van der Waals surface area contributed by atoms with Crippen LogP contribution < -0.4 is 4.74 Å². The number of phenols is 1. The van der Waals surface area contributed by atoms with Crippen molar-refractivity contribution < 1.29 is 9.84 Å². The highest BCUT2D eigenvalue weighted by Gasteiger charge is 2.32. The zero-order chi connectivity index (χ0) is 15.3. The Bertz CT molecular complexity index is 516. The fourth-order valence-electron chi connectivity index (χ4n) is 3.02. The molecular weight excluding hydrogens is 264 g/mol. The van der Waals surface area contributed by atoms with Gasteiger partial charge in [-0.25, -0.2) is 0 Å². The Morgan fingerprint density at radius 1 is 1.29 bits per heavy atom. The molecule has 1 aromatic rings. The van der Waals surface area contributed by atoms with Gasteiger partial charge in [0, 0.05) is 6.42 Å². The van der Waals surface area contributed by atoms with Crippen molar-refractivity contribution in [3.63, 3.8) is 0 Å². The van der Waals surface area contributed by atoms with Crippen molar-refractivity contribution >= 4 is 0 Å². The number of nitriles is 1. The summed E-state index contributed by atoms with van der Waals surface area (Å²) in [5, 5.41) is 19.4. The maximum Gasteiger partial charge on any atom is 0.160 e. The van der Waals surface area contributed by atoms with E-state index in [0.29, 0.717) is 12.2 Å². The van der Waals surface area contributed by atoms with E-state index < -0.39 is 5.54 Å². The Balaban J connectivity index is 2.19. The predicted molar refractivity (Wildman–Crippen MR) is 82.4 cm³/mol. The van der Waals surface area contributed by atoms with E-state index >= 15 is 0 Å². The van der Waals surface area contributed by atoms with Crippen molar-refractivity contribution in [1.82, 2.24) is 4.90 Å². The van der Waals surface area contributed by atoms with E-state index in [4.69, 9.17) is 4.74 Å². The van der Waals surface area contributed by atoms with Crippen LogP contribution in [-0.4, -0.2) is 35.7 Å². The van der Waals surface area contributed by atoms with Gasteiger partial charge in [0.15, 0.2) is 11.5 Å². The first-order valence-electron chi connectivity index (χ1n) is 7.61. The van der Waals surface area contributed by atoms with Gasteiger partial charge in [0.05, 0.1) is 13.2 Å². The molecule has 1 unspecified atom stereocenters. The molecule has 1 heterocycles. The molecule has 0 bridgehead atoms. The average molecular weight is 288 g/mol. The fourth-order valence-corrected chi connectivity index (χ4v) is 3.02. The second-order valence-corrected chi connectivity index (χ2v) is 5.97. The van der Waals surface area contributed by atoms with Crippen molar-refractivity contribution in [2.24, 2.45) is 0 Å². The summed E-state index contributed by atoms with van der Waals surface area (Å²) in [6, 6.07) is 7.82. The first-order chi connectivity index (χ1) is 10.1. The zero-order valence-electron chi connectivity index (χ0n) is 12.9. The highest BCUT2D eigenvalue weighted by atomic mass is 16.5. The van der Waals surface area contributed by atoms with Crippen LogP contribution in [0.3, 0.4) is 0 Å². The first kappa shape index (κ1) is 15.7. The van der Waals surface area contributed by atoms with Gasteiger partial charge < -0.3 is 9.84 Å². The maximum absolute atomic E-state index is 9.70. The zero-order valence-corrected chi connectivity index (χ0v) is 12.9. The molecule has 0 saturated carbocycles. The lowest BCUT2D eigenvalue weighted by Crippen LogP contribution is -2.47. The minimum absolute atomic E-state index is 0.134. The van der Waals surface area contributed by atoms with E-state index in [-0.39, 0.29) is 5.75 Å². The lowest BCUT2D eigenvalue weighted by atomic mass is 9.91. The van der Waals surface area contributed by atoms with Crippen molar-refractivity contribution in [2.45, 2.75) is 44.6 Å². The lowest BCUT2D eigenvalue weighted by Gasteiger charge is -2.35. The van der Waals surface area contributed by atoms with Gasteiger partial charge in [-0.1, -0.05) is 18.9 Å². The summed E-state index contributed by atoms with van der Waals surface area (Å²) in [5.74, 6) is 0.596. The van der Waals surface area contributed by atoms with Gasteiger partial charge >= 0.3 is 0 Å². The average Bonchev–Trinajstić information content (AvgIpc) is 2.78. The minimum atomic E-state index is -0.508. The summed E-state index contributed by atoms with van der Waals surface area (Å²) in [6.45, 7) is 3.98. The fraction of sp³-hybridized carbons (Fsp3) is 0.588. The molecule has 1 aliphatic heterocycles. The molecular formula is C17H24N2O2. The van der Waals surface area contributed by atoms with Crippen LogP contribution in [0.2, 0.25) is 0 Å². The third-order valence-electron chi connectivity index (χ3n) is 4.34. The van der Waals surface area contributed by atoms with Crippen molar-refractivity contribution in [3.8, 4) is 17.6 Å². The van der Waals surface area contributed by atoms with Gasteiger partial charge in [-0.3, -0.25) is 4.90 Å². The number of nitrogens with zero attached hydrogens (tertiary/aromatic N) is 2. The Kier molecular flexibility index (Phi) is 5.08. The van der Waals surface area contributed by atoms with Gasteiger partial charge in [-0.15, -0.1) is 0 Å². The second kappa shape index (κ2) is 6.82. The number of rotatable bonds is 4. The molecule has 1 saturated heterocycles. The van der Waals surface area contributed by atoms with Crippen LogP contribution in [-0.2, 0) is 6.42 Å². The third-order valence-corrected chi connectivity index (χ3v) is 4.34. The van der Waals surface area contributed by atoms with Gasteiger partial charge in [0.1, 0.15) is 5.54 Å². The summed E-state index contributed by atoms with van der Waals surface area (Å²) in [4.78, 5) is 2.30.